The van der Waals surface area contributed by atoms with E-state index in [1.165, 1.54) is 7.11 Å². The number of nitrogens with one attached hydrogen (secondary N) is 3. The van der Waals surface area contributed by atoms with Crippen molar-refractivity contribution in [1.82, 2.24) is 16.0 Å². The molecule has 1 fully saturated rings. The SMILES string of the molecule is COC(=O)[C@@H](CCCCC#N)NC(=O)C[C@@H]1NC(=O)[C@H](Cc2ccccc2)NC1=O. The largest absolute Gasteiger partial charge is 0.467 e. The van der Waals surface area contributed by atoms with Crippen LogP contribution in [0.15, 0.2) is 30.3 Å². The number of amides is 3. The predicted molar refractivity (Wildman–Crippen MR) is 107 cm³/mol. The van der Waals surface area contributed by atoms with Gasteiger partial charge in [0, 0.05) is 12.8 Å². The Bertz CT molecular complexity index is 805. The van der Waals surface area contributed by atoms with Crippen molar-refractivity contribution in [2.75, 3.05) is 7.11 Å². The summed E-state index contributed by atoms with van der Waals surface area (Å²) in [5.74, 6) is -1.96. The van der Waals surface area contributed by atoms with Crippen molar-refractivity contribution in [1.29, 1.82) is 5.26 Å². The fourth-order valence-corrected chi connectivity index (χ4v) is 3.20. The number of carbonyl (C=O) groups excluding carboxylic acids is 4. The number of hydrogen-bond donors (Lipinski definition) is 3. The maximum Gasteiger partial charge on any atom is 0.328 e. The van der Waals surface area contributed by atoms with Crippen LogP contribution in [0.1, 0.15) is 37.7 Å². The first-order valence-corrected chi connectivity index (χ1v) is 9.83. The highest BCUT2D eigenvalue weighted by atomic mass is 16.5. The van der Waals surface area contributed by atoms with Crippen molar-refractivity contribution in [2.45, 2.75) is 56.7 Å². The van der Waals surface area contributed by atoms with Gasteiger partial charge in [-0.05, 0) is 24.8 Å². The van der Waals surface area contributed by atoms with E-state index in [1.807, 2.05) is 36.4 Å². The molecule has 3 atom stereocenters. The van der Waals surface area contributed by atoms with Gasteiger partial charge in [0.2, 0.25) is 17.7 Å². The van der Waals surface area contributed by atoms with Crippen LogP contribution in [0.25, 0.3) is 0 Å². The molecule has 3 amide bonds. The normalized spacial score (nSPS) is 19.1. The lowest BCUT2D eigenvalue weighted by Crippen LogP contribution is -2.63. The molecule has 0 spiro atoms. The van der Waals surface area contributed by atoms with Gasteiger partial charge in [0.1, 0.15) is 18.1 Å². The summed E-state index contributed by atoms with van der Waals surface area (Å²) >= 11 is 0. The maximum absolute atomic E-state index is 12.4. The van der Waals surface area contributed by atoms with E-state index in [0.29, 0.717) is 32.1 Å². The third-order valence-corrected chi connectivity index (χ3v) is 4.79. The van der Waals surface area contributed by atoms with E-state index < -0.39 is 35.9 Å². The average molecular weight is 414 g/mol. The van der Waals surface area contributed by atoms with E-state index >= 15 is 0 Å². The molecular weight excluding hydrogens is 388 g/mol. The van der Waals surface area contributed by atoms with Gasteiger partial charge in [0.15, 0.2) is 0 Å². The van der Waals surface area contributed by atoms with E-state index in [2.05, 4.69) is 16.0 Å². The average Bonchev–Trinajstić information content (AvgIpc) is 2.74. The van der Waals surface area contributed by atoms with Gasteiger partial charge in [-0.15, -0.1) is 0 Å². The number of rotatable bonds is 10. The van der Waals surface area contributed by atoms with E-state index in [0.717, 1.165) is 5.56 Å². The second-order valence-corrected chi connectivity index (χ2v) is 7.06. The fourth-order valence-electron chi connectivity index (χ4n) is 3.20. The Morgan fingerprint density at radius 1 is 1.13 bits per heavy atom. The molecule has 2 rings (SSSR count). The van der Waals surface area contributed by atoms with Gasteiger partial charge in [-0.2, -0.15) is 5.26 Å². The fraction of sp³-hybridized carbons (Fsp3) is 0.476. The highest BCUT2D eigenvalue weighted by Gasteiger charge is 2.35. The van der Waals surface area contributed by atoms with Gasteiger partial charge in [-0.1, -0.05) is 30.3 Å². The lowest BCUT2D eigenvalue weighted by molar-refractivity contribution is -0.145. The van der Waals surface area contributed by atoms with Gasteiger partial charge in [0.25, 0.3) is 0 Å². The molecule has 1 aliphatic heterocycles. The Balaban J connectivity index is 1.88. The summed E-state index contributed by atoms with van der Waals surface area (Å²) in [5, 5.41) is 16.4. The molecule has 0 unspecified atom stereocenters. The van der Waals surface area contributed by atoms with Crippen molar-refractivity contribution >= 4 is 23.7 Å². The zero-order chi connectivity index (χ0) is 21.9. The first-order valence-electron chi connectivity index (χ1n) is 9.83. The first-order chi connectivity index (χ1) is 14.4. The number of nitriles is 1. The van der Waals surface area contributed by atoms with E-state index in [-0.39, 0.29) is 12.3 Å². The van der Waals surface area contributed by atoms with Gasteiger partial charge >= 0.3 is 5.97 Å². The zero-order valence-electron chi connectivity index (χ0n) is 16.8. The first kappa shape index (κ1) is 22.9. The Kier molecular flexibility index (Phi) is 8.81. The van der Waals surface area contributed by atoms with Crippen LogP contribution in [0.2, 0.25) is 0 Å². The summed E-state index contributed by atoms with van der Waals surface area (Å²) < 4.78 is 4.70. The number of methoxy groups -OCH3 is 1. The summed E-state index contributed by atoms with van der Waals surface area (Å²) in [4.78, 5) is 49.0. The molecular formula is C21H26N4O5. The van der Waals surface area contributed by atoms with Crippen LogP contribution >= 0.6 is 0 Å². The molecule has 30 heavy (non-hydrogen) atoms. The monoisotopic (exact) mass is 414 g/mol. The minimum atomic E-state index is -1.01. The van der Waals surface area contributed by atoms with Crippen LogP contribution in [0.3, 0.4) is 0 Å². The van der Waals surface area contributed by atoms with Crippen molar-refractivity contribution in [3.63, 3.8) is 0 Å². The zero-order valence-corrected chi connectivity index (χ0v) is 16.8. The number of carbonyl (C=O) groups is 4. The summed E-state index contributed by atoms with van der Waals surface area (Å²) in [5.41, 5.74) is 0.909. The van der Waals surface area contributed by atoms with Crippen LogP contribution in [-0.2, 0) is 30.3 Å². The molecule has 9 nitrogen and oxygen atoms in total. The molecule has 0 bridgehead atoms. The number of unbranched alkanes of at least 4 members (excludes halogenated alkanes) is 2. The van der Waals surface area contributed by atoms with E-state index in [1.54, 1.807) is 0 Å². The molecule has 160 valence electrons. The number of benzene rings is 1. The number of hydrogen-bond acceptors (Lipinski definition) is 6. The van der Waals surface area contributed by atoms with Crippen molar-refractivity contribution < 1.29 is 23.9 Å². The molecule has 3 N–H and O–H groups in total. The third-order valence-electron chi connectivity index (χ3n) is 4.79. The minimum absolute atomic E-state index is 0.290. The number of ether oxygens (including phenoxy) is 1. The standard InChI is InChI=1S/C21H26N4O5/c1-30-21(29)15(10-6-3-7-11-22)23-18(26)13-17-20(28)24-16(19(27)25-17)12-14-8-4-2-5-9-14/h2,4-5,8-9,15-17H,3,6-7,10,12-13H2,1H3,(H,23,26)(H,24,28)(H,25,27)/t15-,16+,17+/m1/s1. The molecule has 1 heterocycles. The number of piperazine rings is 1. The van der Waals surface area contributed by atoms with Crippen LogP contribution < -0.4 is 16.0 Å². The Labute approximate surface area is 175 Å². The van der Waals surface area contributed by atoms with Crippen LogP contribution in [0.4, 0.5) is 0 Å². The second kappa shape index (κ2) is 11.6. The molecule has 9 heteroatoms. The molecule has 1 aliphatic rings. The summed E-state index contributed by atoms with van der Waals surface area (Å²) in [6.07, 6.45) is 1.91. The molecule has 1 aromatic carbocycles. The Hall–Kier alpha value is -3.41. The lowest BCUT2D eigenvalue weighted by atomic mass is 10.0. The van der Waals surface area contributed by atoms with E-state index in [9.17, 15) is 19.2 Å². The van der Waals surface area contributed by atoms with Gasteiger partial charge in [0.05, 0.1) is 19.6 Å². The second-order valence-electron chi connectivity index (χ2n) is 7.06. The summed E-state index contributed by atoms with van der Waals surface area (Å²) in [6.45, 7) is 0. The van der Waals surface area contributed by atoms with Crippen molar-refractivity contribution in [2.24, 2.45) is 0 Å². The molecule has 0 aliphatic carbocycles. The molecule has 0 radical (unpaired) electrons. The van der Waals surface area contributed by atoms with Gasteiger partial charge < -0.3 is 20.7 Å². The highest BCUT2D eigenvalue weighted by molar-refractivity contribution is 5.99. The molecule has 0 saturated carbocycles. The van der Waals surface area contributed by atoms with Crippen LogP contribution in [0, 0.1) is 11.3 Å². The minimum Gasteiger partial charge on any atom is -0.467 e. The van der Waals surface area contributed by atoms with E-state index in [4.69, 9.17) is 10.00 Å². The number of esters is 1. The van der Waals surface area contributed by atoms with Crippen LogP contribution in [0.5, 0.6) is 0 Å². The summed E-state index contributed by atoms with van der Waals surface area (Å²) in [7, 11) is 1.22. The molecule has 0 aromatic heterocycles. The highest BCUT2D eigenvalue weighted by Crippen LogP contribution is 2.10. The Morgan fingerprint density at radius 3 is 2.47 bits per heavy atom. The topological polar surface area (TPSA) is 137 Å². The smallest absolute Gasteiger partial charge is 0.328 e. The molecule has 1 aromatic rings. The van der Waals surface area contributed by atoms with Crippen molar-refractivity contribution in [3.05, 3.63) is 35.9 Å². The predicted octanol–water partition coefficient (Wildman–Crippen LogP) is 0.344. The lowest BCUT2D eigenvalue weighted by Gasteiger charge is -2.29. The quantitative estimate of drug-likeness (QED) is 0.373. The Morgan fingerprint density at radius 2 is 1.80 bits per heavy atom. The third kappa shape index (κ3) is 6.88. The van der Waals surface area contributed by atoms with Gasteiger partial charge in [-0.25, -0.2) is 4.79 Å². The number of nitrogens with zero attached hydrogens (tertiary/aromatic N) is 1. The molecule has 1 saturated heterocycles. The summed E-state index contributed by atoms with van der Waals surface area (Å²) in [6, 6.07) is 8.73. The van der Waals surface area contributed by atoms with Crippen molar-refractivity contribution in [3.8, 4) is 6.07 Å². The van der Waals surface area contributed by atoms with Crippen LogP contribution in [-0.4, -0.2) is 48.9 Å². The van der Waals surface area contributed by atoms with Gasteiger partial charge in [-0.3, -0.25) is 14.4 Å². The maximum atomic E-state index is 12.4.